The number of methoxy groups -OCH3 is 1. The molecule has 5 unspecified atom stereocenters. The Morgan fingerprint density at radius 2 is 1.67 bits per heavy atom. The Bertz CT molecular complexity index is 689. The number of hydrogen-bond donors (Lipinski definition) is 2. The first-order valence-corrected chi connectivity index (χ1v) is 15.1. The lowest BCUT2D eigenvalue weighted by Crippen LogP contribution is -2.62. The second-order valence-corrected chi connectivity index (χ2v) is 12.4. The lowest BCUT2D eigenvalue weighted by molar-refractivity contribution is -0.131. The number of rotatable bonds is 7. The summed E-state index contributed by atoms with van der Waals surface area (Å²) in [5.74, 6) is 2.64. The molecule has 0 aromatic heterocycles. The summed E-state index contributed by atoms with van der Waals surface area (Å²) in [6.45, 7) is 5.16. The van der Waals surface area contributed by atoms with E-state index in [1.807, 2.05) is 7.11 Å². The van der Waals surface area contributed by atoms with Crippen molar-refractivity contribution in [1.82, 2.24) is 15.5 Å². The lowest BCUT2D eigenvalue weighted by Gasteiger charge is -2.52. The fourth-order valence-corrected chi connectivity index (χ4v) is 8.41. The summed E-state index contributed by atoms with van der Waals surface area (Å²) in [5, 5.41) is 7.53. The van der Waals surface area contributed by atoms with Crippen molar-refractivity contribution >= 4 is 5.91 Å². The molecule has 36 heavy (non-hydrogen) atoms. The molecule has 5 rings (SSSR count). The van der Waals surface area contributed by atoms with Crippen LogP contribution >= 0.6 is 0 Å². The molecule has 2 heterocycles. The summed E-state index contributed by atoms with van der Waals surface area (Å²) in [6, 6.07) is 0.825. The van der Waals surface area contributed by atoms with Crippen molar-refractivity contribution in [3.63, 3.8) is 0 Å². The van der Waals surface area contributed by atoms with Crippen molar-refractivity contribution in [2.75, 3.05) is 46.5 Å². The number of morpholine rings is 1. The number of ether oxygens (including phenoxy) is 2. The van der Waals surface area contributed by atoms with E-state index in [9.17, 15) is 9.18 Å². The lowest BCUT2D eigenvalue weighted by atomic mass is 9.60. The van der Waals surface area contributed by atoms with Gasteiger partial charge < -0.3 is 20.1 Å². The second kappa shape index (κ2) is 12.9. The predicted molar refractivity (Wildman–Crippen MR) is 140 cm³/mol. The van der Waals surface area contributed by atoms with Crippen molar-refractivity contribution in [3.8, 4) is 0 Å². The van der Waals surface area contributed by atoms with Crippen LogP contribution < -0.4 is 10.6 Å². The molecule has 2 aliphatic heterocycles. The van der Waals surface area contributed by atoms with Gasteiger partial charge in [-0.3, -0.25) is 9.69 Å². The molecule has 0 bridgehead atoms. The van der Waals surface area contributed by atoms with E-state index in [0.717, 1.165) is 90.8 Å². The Morgan fingerprint density at radius 3 is 2.39 bits per heavy atom. The van der Waals surface area contributed by atoms with Gasteiger partial charge in [-0.1, -0.05) is 6.42 Å². The molecule has 3 saturated carbocycles. The number of nitrogens with zero attached hydrogens (tertiary/aromatic N) is 1. The van der Waals surface area contributed by atoms with Gasteiger partial charge in [-0.25, -0.2) is 4.39 Å². The zero-order valence-electron chi connectivity index (χ0n) is 22.5. The standard InChI is InChI=1S/C29H50FN3O3/c1-35-23-11-7-21(8-12-23)27-19-26(29(34)31-13-14-33-15-17-36-18-16-33)25-4-2-3-24(28(25)32-27)20-5-9-22(30)10-6-20/h20-28,32H,2-19H2,1H3,(H,31,34). The molecule has 5 fully saturated rings. The number of alkyl halides is 1. The molecule has 5 atom stereocenters. The van der Waals surface area contributed by atoms with Gasteiger partial charge in [0.2, 0.25) is 5.91 Å². The predicted octanol–water partition coefficient (Wildman–Crippen LogP) is 3.93. The molecule has 0 spiro atoms. The molecule has 0 radical (unpaired) electrons. The highest BCUT2D eigenvalue weighted by molar-refractivity contribution is 5.79. The van der Waals surface area contributed by atoms with Crippen molar-refractivity contribution in [1.29, 1.82) is 0 Å². The molecule has 2 N–H and O–H groups in total. The number of hydrogen-bond acceptors (Lipinski definition) is 5. The molecule has 3 aliphatic carbocycles. The zero-order valence-corrected chi connectivity index (χ0v) is 22.5. The third-order valence-corrected chi connectivity index (χ3v) is 10.5. The third kappa shape index (κ3) is 6.44. The van der Waals surface area contributed by atoms with E-state index in [1.54, 1.807) is 0 Å². The summed E-state index contributed by atoms with van der Waals surface area (Å²) < 4.78 is 25.1. The van der Waals surface area contributed by atoms with Crippen molar-refractivity contribution in [2.45, 2.75) is 101 Å². The van der Waals surface area contributed by atoms with Crippen molar-refractivity contribution < 1.29 is 18.7 Å². The summed E-state index contributed by atoms with van der Waals surface area (Å²) in [5.41, 5.74) is 0. The van der Waals surface area contributed by atoms with Gasteiger partial charge in [0.25, 0.3) is 0 Å². The first kappa shape index (κ1) is 26.8. The third-order valence-electron chi connectivity index (χ3n) is 10.5. The maximum Gasteiger partial charge on any atom is 0.223 e. The second-order valence-electron chi connectivity index (χ2n) is 12.4. The SMILES string of the molecule is COC1CCC(C2CC(C(=O)NCCN3CCOCC3)C3CCCC(C4CCC(F)CC4)C3N2)CC1. The van der Waals surface area contributed by atoms with Gasteiger partial charge in [-0.15, -0.1) is 0 Å². The first-order chi connectivity index (χ1) is 17.6. The van der Waals surface area contributed by atoms with E-state index in [1.165, 1.54) is 25.7 Å². The highest BCUT2D eigenvalue weighted by Gasteiger charge is 2.49. The van der Waals surface area contributed by atoms with E-state index in [0.29, 0.717) is 41.9 Å². The molecule has 0 aromatic carbocycles. The highest BCUT2D eigenvalue weighted by atomic mass is 19.1. The van der Waals surface area contributed by atoms with Crippen LogP contribution in [0.2, 0.25) is 0 Å². The number of piperidine rings is 1. The number of carbonyl (C=O) groups excluding carboxylic acids is 1. The first-order valence-electron chi connectivity index (χ1n) is 15.1. The van der Waals surface area contributed by atoms with Crippen LogP contribution in [0.4, 0.5) is 4.39 Å². The average molecular weight is 508 g/mol. The van der Waals surface area contributed by atoms with Gasteiger partial charge >= 0.3 is 0 Å². The Labute approximate surface area is 217 Å². The smallest absolute Gasteiger partial charge is 0.223 e. The monoisotopic (exact) mass is 507 g/mol. The zero-order chi connectivity index (χ0) is 24.9. The number of halogens is 1. The number of fused-ring (bicyclic) bond motifs is 1. The summed E-state index contributed by atoms with van der Waals surface area (Å²) in [7, 11) is 1.84. The van der Waals surface area contributed by atoms with Gasteiger partial charge in [0.05, 0.1) is 19.3 Å². The van der Waals surface area contributed by atoms with Gasteiger partial charge in [0, 0.05) is 51.3 Å². The number of amides is 1. The minimum absolute atomic E-state index is 0.103. The van der Waals surface area contributed by atoms with Crippen LogP contribution in [0.1, 0.15) is 77.0 Å². The van der Waals surface area contributed by atoms with E-state index < -0.39 is 6.17 Å². The topological polar surface area (TPSA) is 62.8 Å². The molecule has 6 nitrogen and oxygen atoms in total. The van der Waals surface area contributed by atoms with Gasteiger partial charge in [-0.2, -0.15) is 0 Å². The van der Waals surface area contributed by atoms with Crippen molar-refractivity contribution in [3.05, 3.63) is 0 Å². The van der Waals surface area contributed by atoms with Gasteiger partial charge in [0.1, 0.15) is 6.17 Å². The Hall–Kier alpha value is -0.760. The summed E-state index contributed by atoms with van der Waals surface area (Å²) in [6.07, 6.45) is 12.5. The minimum atomic E-state index is -0.603. The normalized spacial score (nSPS) is 42.4. The molecular weight excluding hydrogens is 457 g/mol. The number of nitrogens with one attached hydrogen (secondary N) is 2. The van der Waals surface area contributed by atoms with Gasteiger partial charge in [-0.05, 0) is 94.3 Å². The van der Waals surface area contributed by atoms with E-state index >= 15 is 0 Å². The molecule has 206 valence electrons. The van der Waals surface area contributed by atoms with E-state index in [-0.39, 0.29) is 11.8 Å². The number of carbonyl (C=O) groups is 1. The van der Waals surface area contributed by atoms with Crippen LogP contribution in [0, 0.1) is 29.6 Å². The van der Waals surface area contributed by atoms with Crippen molar-refractivity contribution in [2.24, 2.45) is 29.6 Å². The molecule has 2 saturated heterocycles. The van der Waals surface area contributed by atoms with Crippen LogP contribution in [-0.4, -0.2) is 81.7 Å². The van der Waals surface area contributed by atoms with Crippen LogP contribution in [-0.2, 0) is 14.3 Å². The molecular formula is C29H50FN3O3. The fourth-order valence-electron chi connectivity index (χ4n) is 8.41. The summed E-state index contributed by atoms with van der Waals surface area (Å²) >= 11 is 0. The molecule has 0 aromatic rings. The maximum atomic E-state index is 14.0. The minimum Gasteiger partial charge on any atom is -0.381 e. The van der Waals surface area contributed by atoms with Crippen LogP contribution in [0.15, 0.2) is 0 Å². The maximum absolute atomic E-state index is 14.0. The summed E-state index contributed by atoms with van der Waals surface area (Å²) in [4.78, 5) is 16.1. The quantitative estimate of drug-likeness (QED) is 0.547. The largest absolute Gasteiger partial charge is 0.381 e. The Kier molecular flexibility index (Phi) is 9.58. The van der Waals surface area contributed by atoms with Gasteiger partial charge in [0.15, 0.2) is 0 Å². The van der Waals surface area contributed by atoms with Crippen LogP contribution in [0.3, 0.4) is 0 Å². The van der Waals surface area contributed by atoms with E-state index in [2.05, 4.69) is 15.5 Å². The molecule has 7 heteroatoms. The fraction of sp³-hybridized carbons (Fsp3) is 0.966. The Morgan fingerprint density at radius 1 is 0.972 bits per heavy atom. The van der Waals surface area contributed by atoms with Crippen LogP contribution in [0.5, 0.6) is 0 Å². The average Bonchev–Trinajstić information content (AvgIpc) is 2.93. The molecule has 1 amide bonds. The van der Waals surface area contributed by atoms with E-state index in [4.69, 9.17) is 9.47 Å². The molecule has 5 aliphatic rings. The highest BCUT2D eigenvalue weighted by Crippen LogP contribution is 2.47. The Balaban J connectivity index is 1.26. The van der Waals surface area contributed by atoms with Crippen LogP contribution in [0.25, 0.3) is 0 Å².